The molecule has 0 aromatic heterocycles. The van der Waals surface area contributed by atoms with Gasteiger partial charge in [0.15, 0.2) is 0 Å². The number of hydrogen-bond donors (Lipinski definition) is 0. The Bertz CT molecular complexity index is 505. The molecule has 0 saturated heterocycles. The molecule has 0 heterocycles. The summed E-state index contributed by atoms with van der Waals surface area (Å²) in [7, 11) is 0. The average Bonchev–Trinajstić information content (AvgIpc) is 3.07. The molecule has 120 valence electrons. The van der Waals surface area contributed by atoms with Crippen LogP contribution in [0.2, 0.25) is 0 Å². The minimum atomic E-state index is -0.919. The molecule has 2 nitrogen and oxygen atoms in total. The molecule has 0 aromatic carbocycles. The Morgan fingerprint density at radius 2 is 0.818 bits per heavy atom. The lowest BCUT2D eigenvalue weighted by Crippen LogP contribution is -2.51. The van der Waals surface area contributed by atoms with Gasteiger partial charge >= 0.3 is 0 Å². The highest BCUT2D eigenvalue weighted by atomic mass is 35.5. The zero-order valence-electron chi connectivity index (χ0n) is 11.8. The lowest BCUT2D eigenvalue weighted by Gasteiger charge is -2.42. The number of Topliss-reactive ketones (excluding diaryl/α,β-unsaturated/α-hetero) is 2. The predicted molar refractivity (Wildman–Crippen MR) is 85.3 cm³/mol. The third-order valence-electron chi connectivity index (χ3n) is 7.38. The smallest absolute Gasteiger partial charge is 0.141 e. The van der Waals surface area contributed by atoms with Crippen molar-refractivity contribution in [1.82, 2.24) is 0 Å². The molecule has 8 unspecified atom stereocenters. The molecule has 6 heteroatoms. The van der Waals surface area contributed by atoms with Crippen LogP contribution >= 0.6 is 46.4 Å². The Hall–Kier alpha value is 0.500. The van der Waals surface area contributed by atoms with E-state index in [0.29, 0.717) is 0 Å². The van der Waals surface area contributed by atoms with E-state index in [9.17, 15) is 9.59 Å². The van der Waals surface area contributed by atoms with E-state index in [2.05, 4.69) is 0 Å². The van der Waals surface area contributed by atoms with E-state index < -0.39 is 8.67 Å². The van der Waals surface area contributed by atoms with E-state index in [0.717, 1.165) is 25.7 Å². The van der Waals surface area contributed by atoms with Gasteiger partial charge in [-0.2, -0.15) is 0 Å². The van der Waals surface area contributed by atoms with E-state index in [1.807, 2.05) is 0 Å². The number of ketones is 2. The van der Waals surface area contributed by atoms with Gasteiger partial charge in [0.25, 0.3) is 0 Å². The Kier molecular flexibility index (Phi) is 2.81. The third kappa shape index (κ3) is 1.40. The summed E-state index contributed by atoms with van der Waals surface area (Å²) in [6, 6.07) is 0. The molecule has 5 saturated carbocycles. The molecule has 0 radical (unpaired) electrons. The highest BCUT2D eigenvalue weighted by molar-refractivity contribution is 6.50. The van der Waals surface area contributed by atoms with Crippen molar-refractivity contribution in [3.8, 4) is 0 Å². The van der Waals surface area contributed by atoms with E-state index in [1.54, 1.807) is 0 Å². The molecular weight excluding hydrogens is 366 g/mol. The summed E-state index contributed by atoms with van der Waals surface area (Å²) in [6.07, 6.45) is 3.37. The number of alkyl halides is 4. The molecule has 0 aliphatic heterocycles. The van der Waals surface area contributed by atoms with Crippen LogP contribution in [0.5, 0.6) is 0 Å². The van der Waals surface area contributed by atoms with Crippen molar-refractivity contribution in [3.05, 3.63) is 0 Å². The molecule has 8 atom stereocenters. The summed E-state index contributed by atoms with van der Waals surface area (Å²) in [5, 5.41) is 0. The molecule has 5 aliphatic rings. The van der Waals surface area contributed by atoms with Crippen molar-refractivity contribution in [3.63, 3.8) is 0 Å². The van der Waals surface area contributed by atoms with Gasteiger partial charge in [-0.15, -0.1) is 46.4 Å². The summed E-state index contributed by atoms with van der Waals surface area (Å²) in [6.45, 7) is 0. The lowest BCUT2D eigenvalue weighted by atomic mass is 9.58. The zero-order valence-corrected chi connectivity index (χ0v) is 14.8. The topological polar surface area (TPSA) is 34.1 Å². The van der Waals surface area contributed by atoms with Crippen molar-refractivity contribution >= 4 is 58.0 Å². The van der Waals surface area contributed by atoms with E-state index in [-0.39, 0.29) is 58.9 Å². The molecule has 5 aliphatic carbocycles. The fourth-order valence-electron chi connectivity index (χ4n) is 6.66. The van der Waals surface area contributed by atoms with E-state index in [1.165, 1.54) is 0 Å². The highest BCUT2D eigenvalue weighted by Gasteiger charge is 2.75. The second kappa shape index (κ2) is 4.18. The van der Waals surface area contributed by atoms with Crippen LogP contribution in [0.15, 0.2) is 0 Å². The Labute approximate surface area is 149 Å². The number of carbonyl (C=O) groups is 2. The zero-order chi connectivity index (χ0) is 15.6. The van der Waals surface area contributed by atoms with Crippen molar-refractivity contribution in [1.29, 1.82) is 0 Å². The van der Waals surface area contributed by atoms with Crippen LogP contribution in [0.4, 0.5) is 0 Å². The van der Waals surface area contributed by atoms with Crippen LogP contribution in [0.3, 0.4) is 0 Å². The molecular formula is C16H16Cl4O2. The van der Waals surface area contributed by atoms with Crippen molar-refractivity contribution in [2.45, 2.75) is 34.3 Å². The molecule has 0 spiro atoms. The maximum absolute atomic E-state index is 13.2. The fourth-order valence-corrected chi connectivity index (χ4v) is 8.62. The number of halogens is 4. The minimum absolute atomic E-state index is 0.0811. The van der Waals surface area contributed by atoms with Gasteiger partial charge in [0, 0.05) is 47.3 Å². The van der Waals surface area contributed by atoms with Crippen LogP contribution in [0.1, 0.15) is 25.7 Å². The second-order valence-corrected chi connectivity index (χ2v) is 10.7. The summed E-state index contributed by atoms with van der Waals surface area (Å²) in [4.78, 5) is 26.4. The SMILES string of the molecule is O=C1C2C(C(=O)C3C1C1CCC3C1(Cl)Cl)C1CCC2C1(Cl)Cl. The molecule has 5 rings (SSSR count). The average molecular weight is 382 g/mol. The van der Waals surface area contributed by atoms with Gasteiger partial charge in [0.05, 0.1) is 0 Å². The summed E-state index contributed by atoms with van der Waals surface area (Å²) in [5.41, 5.74) is 0. The number of fused-ring (bicyclic) bond motifs is 10. The fraction of sp³-hybridized carbons (Fsp3) is 0.875. The predicted octanol–water partition coefficient (Wildman–Crippen LogP) is 4.03. The van der Waals surface area contributed by atoms with Gasteiger partial charge < -0.3 is 0 Å². The van der Waals surface area contributed by atoms with Gasteiger partial charge in [-0.3, -0.25) is 9.59 Å². The van der Waals surface area contributed by atoms with Crippen LogP contribution in [-0.4, -0.2) is 20.2 Å². The highest BCUT2D eigenvalue weighted by Crippen LogP contribution is 2.72. The molecule has 0 N–H and O–H groups in total. The van der Waals surface area contributed by atoms with Crippen LogP contribution < -0.4 is 0 Å². The first-order valence-electron chi connectivity index (χ1n) is 8.11. The summed E-state index contributed by atoms with van der Waals surface area (Å²) in [5.74, 6) is -1.18. The maximum Gasteiger partial charge on any atom is 0.141 e. The van der Waals surface area contributed by atoms with Gasteiger partial charge in [-0.25, -0.2) is 0 Å². The Morgan fingerprint density at radius 1 is 0.591 bits per heavy atom. The van der Waals surface area contributed by atoms with Gasteiger partial charge in [-0.1, -0.05) is 0 Å². The first kappa shape index (κ1) is 14.8. The maximum atomic E-state index is 13.2. The van der Waals surface area contributed by atoms with Crippen LogP contribution in [0.25, 0.3) is 0 Å². The molecule has 22 heavy (non-hydrogen) atoms. The number of carbonyl (C=O) groups excluding carboxylic acids is 2. The van der Waals surface area contributed by atoms with Gasteiger partial charge in [-0.05, 0) is 25.7 Å². The van der Waals surface area contributed by atoms with Crippen molar-refractivity contribution in [2.24, 2.45) is 47.3 Å². The summed E-state index contributed by atoms with van der Waals surface area (Å²) >= 11 is 26.2. The van der Waals surface area contributed by atoms with Crippen molar-refractivity contribution < 1.29 is 9.59 Å². The van der Waals surface area contributed by atoms with Crippen LogP contribution in [0, 0.1) is 47.3 Å². The number of rotatable bonds is 0. The molecule has 4 bridgehead atoms. The molecule has 0 aromatic rings. The van der Waals surface area contributed by atoms with E-state index >= 15 is 0 Å². The van der Waals surface area contributed by atoms with E-state index in [4.69, 9.17) is 46.4 Å². The normalized spacial score (nSPS) is 56.4. The quantitative estimate of drug-likeness (QED) is 0.593. The van der Waals surface area contributed by atoms with Gasteiger partial charge in [0.1, 0.15) is 20.2 Å². The molecule has 5 fully saturated rings. The Balaban J connectivity index is 1.63. The van der Waals surface area contributed by atoms with Gasteiger partial charge in [0.2, 0.25) is 0 Å². The minimum Gasteiger partial charge on any atom is -0.299 e. The number of hydrogen-bond acceptors (Lipinski definition) is 2. The lowest BCUT2D eigenvalue weighted by molar-refractivity contribution is -0.152. The van der Waals surface area contributed by atoms with Crippen molar-refractivity contribution in [2.75, 3.05) is 0 Å². The third-order valence-corrected chi connectivity index (χ3v) is 9.62. The van der Waals surface area contributed by atoms with Crippen LogP contribution in [-0.2, 0) is 9.59 Å². The monoisotopic (exact) mass is 380 g/mol. The Morgan fingerprint density at radius 3 is 1.05 bits per heavy atom. The first-order chi connectivity index (χ1) is 10.3. The standard InChI is InChI=1S/C16H16Cl4O2/c17-15(18)5-1-2-6(15)10-9(5)13(21)11-7-3-4-8(16(7,19)20)12(11)14(10)22/h5-12H,1-4H2. The first-order valence-corrected chi connectivity index (χ1v) is 9.62. The molecule has 0 amide bonds. The second-order valence-electron chi connectivity index (χ2n) is 7.84. The summed E-state index contributed by atoms with van der Waals surface area (Å²) < 4.78 is -1.84. The largest absolute Gasteiger partial charge is 0.299 e.